The summed E-state index contributed by atoms with van der Waals surface area (Å²) in [5.41, 5.74) is 3.77. The summed E-state index contributed by atoms with van der Waals surface area (Å²) >= 11 is 0. The molecule has 2 aliphatic heterocycles. The van der Waals surface area contributed by atoms with Crippen LogP contribution in [0.3, 0.4) is 0 Å². The van der Waals surface area contributed by atoms with Crippen LogP contribution >= 0.6 is 0 Å². The van der Waals surface area contributed by atoms with E-state index in [-0.39, 0.29) is 17.7 Å². The fourth-order valence-corrected chi connectivity index (χ4v) is 4.03. The number of morpholine rings is 1. The predicted octanol–water partition coefficient (Wildman–Crippen LogP) is 3.03. The SMILES string of the molecule is C=C(/C(F)=C(\C)N(C)c1ccc(-c2cnn(C)c2)cc1)N1CC(C(=O)N2CCOCC2)C1. The van der Waals surface area contributed by atoms with E-state index < -0.39 is 0 Å². The Morgan fingerprint density at radius 1 is 1.16 bits per heavy atom. The highest BCUT2D eigenvalue weighted by molar-refractivity contribution is 5.80. The summed E-state index contributed by atoms with van der Waals surface area (Å²) in [4.78, 5) is 18.1. The monoisotopic (exact) mass is 439 g/mol. The zero-order valence-electron chi connectivity index (χ0n) is 18.9. The number of carbonyl (C=O) groups excluding carboxylic acids is 1. The smallest absolute Gasteiger partial charge is 0.229 e. The number of nitrogens with zero attached hydrogens (tertiary/aromatic N) is 5. The minimum Gasteiger partial charge on any atom is -0.378 e. The van der Waals surface area contributed by atoms with Gasteiger partial charge in [0, 0.05) is 57.7 Å². The van der Waals surface area contributed by atoms with Gasteiger partial charge < -0.3 is 19.4 Å². The summed E-state index contributed by atoms with van der Waals surface area (Å²) in [5, 5.41) is 4.20. The average Bonchev–Trinajstić information content (AvgIpc) is 3.23. The van der Waals surface area contributed by atoms with Gasteiger partial charge in [0.15, 0.2) is 5.83 Å². The van der Waals surface area contributed by atoms with Gasteiger partial charge in [-0.1, -0.05) is 18.7 Å². The van der Waals surface area contributed by atoms with E-state index in [1.54, 1.807) is 11.6 Å². The molecule has 4 rings (SSSR count). The number of allylic oxidation sites excluding steroid dienone is 2. The van der Waals surface area contributed by atoms with Crippen LogP contribution in [0.2, 0.25) is 0 Å². The number of benzene rings is 1. The zero-order chi connectivity index (χ0) is 22.8. The maximum absolute atomic E-state index is 15.2. The van der Waals surface area contributed by atoms with Crippen molar-refractivity contribution in [1.82, 2.24) is 19.6 Å². The van der Waals surface area contributed by atoms with E-state index in [9.17, 15) is 4.79 Å². The second-order valence-electron chi connectivity index (χ2n) is 8.39. The molecule has 2 aromatic rings. The number of rotatable bonds is 6. The van der Waals surface area contributed by atoms with Crippen LogP contribution in [-0.4, -0.2) is 71.9 Å². The van der Waals surface area contributed by atoms with Crippen molar-refractivity contribution in [2.45, 2.75) is 6.92 Å². The van der Waals surface area contributed by atoms with Gasteiger partial charge in [0.25, 0.3) is 0 Å². The maximum Gasteiger partial charge on any atom is 0.229 e. The molecule has 0 spiro atoms. The lowest BCUT2D eigenvalue weighted by Crippen LogP contribution is -2.55. The molecule has 170 valence electrons. The number of aryl methyl sites for hydroxylation is 1. The summed E-state index contributed by atoms with van der Waals surface area (Å²) in [5.74, 6) is -0.332. The number of amides is 1. The Morgan fingerprint density at radius 3 is 2.41 bits per heavy atom. The third-order valence-corrected chi connectivity index (χ3v) is 6.30. The quantitative estimate of drug-likeness (QED) is 0.648. The van der Waals surface area contributed by atoms with Crippen LogP contribution in [0.5, 0.6) is 0 Å². The molecule has 0 bridgehead atoms. The van der Waals surface area contributed by atoms with Crippen LogP contribution in [0.25, 0.3) is 11.1 Å². The van der Waals surface area contributed by atoms with Crippen LogP contribution in [0.4, 0.5) is 10.1 Å². The van der Waals surface area contributed by atoms with Gasteiger partial charge in [0.05, 0.1) is 36.7 Å². The fourth-order valence-electron chi connectivity index (χ4n) is 4.03. The second kappa shape index (κ2) is 9.16. The third-order valence-electron chi connectivity index (χ3n) is 6.30. The van der Waals surface area contributed by atoms with Crippen molar-refractivity contribution in [3.63, 3.8) is 0 Å². The van der Waals surface area contributed by atoms with Crippen molar-refractivity contribution in [3.05, 3.63) is 60.5 Å². The molecule has 1 amide bonds. The van der Waals surface area contributed by atoms with Gasteiger partial charge in [0.2, 0.25) is 5.91 Å². The highest BCUT2D eigenvalue weighted by atomic mass is 19.1. The molecular formula is C24H30FN5O2. The molecule has 2 aliphatic rings. The Hall–Kier alpha value is -3.13. The maximum atomic E-state index is 15.2. The van der Waals surface area contributed by atoms with Crippen LogP contribution in [0.15, 0.2) is 60.5 Å². The molecule has 3 heterocycles. The molecule has 1 aromatic heterocycles. The van der Waals surface area contributed by atoms with E-state index in [2.05, 4.69) is 11.7 Å². The lowest BCUT2D eigenvalue weighted by Gasteiger charge is -2.43. The minimum atomic E-state index is -0.360. The van der Waals surface area contributed by atoms with E-state index in [1.165, 1.54) is 0 Å². The van der Waals surface area contributed by atoms with Gasteiger partial charge >= 0.3 is 0 Å². The Bertz CT molecular complexity index is 1020. The van der Waals surface area contributed by atoms with Gasteiger partial charge in [-0.3, -0.25) is 9.48 Å². The number of halogens is 1. The Kier molecular flexibility index (Phi) is 6.32. The standard InChI is InChI=1S/C24H30FN5O2/c1-17(28(4)22-7-5-19(6-8-22)20-13-26-27(3)14-20)23(25)18(2)30-15-21(16-30)24(31)29-9-11-32-12-10-29/h5-8,13-14,21H,2,9-12,15-16H2,1,3-4H3/b23-17-. The molecule has 2 saturated heterocycles. The van der Waals surface area contributed by atoms with E-state index in [1.807, 2.05) is 65.5 Å². The number of carbonyl (C=O) groups is 1. The normalized spacial score (nSPS) is 17.6. The van der Waals surface area contributed by atoms with Gasteiger partial charge in [-0.05, 0) is 24.6 Å². The van der Waals surface area contributed by atoms with E-state index >= 15 is 4.39 Å². The first-order chi connectivity index (χ1) is 15.3. The van der Waals surface area contributed by atoms with E-state index in [0.29, 0.717) is 50.8 Å². The summed E-state index contributed by atoms with van der Waals surface area (Å²) in [7, 11) is 3.72. The van der Waals surface area contributed by atoms with Crippen LogP contribution in [0, 0.1) is 5.92 Å². The van der Waals surface area contributed by atoms with Gasteiger partial charge in [-0.25, -0.2) is 4.39 Å². The predicted molar refractivity (Wildman–Crippen MR) is 122 cm³/mol. The van der Waals surface area contributed by atoms with Crippen molar-refractivity contribution in [2.24, 2.45) is 13.0 Å². The molecule has 0 N–H and O–H groups in total. The number of hydrogen-bond acceptors (Lipinski definition) is 5. The molecule has 1 aromatic carbocycles. The van der Waals surface area contributed by atoms with Crippen LogP contribution in [-0.2, 0) is 16.6 Å². The summed E-state index contributed by atoms with van der Waals surface area (Å²) in [6, 6.07) is 7.92. The molecule has 0 radical (unpaired) electrons. The summed E-state index contributed by atoms with van der Waals surface area (Å²) in [6.45, 7) is 9.12. The highest BCUT2D eigenvalue weighted by Gasteiger charge is 2.37. The molecule has 0 aliphatic carbocycles. The first kappa shape index (κ1) is 22.1. The highest BCUT2D eigenvalue weighted by Crippen LogP contribution is 2.31. The van der Waals surface area contributed by atoms with Crippen molar-refractivity contribution < 1.29 is 13.9 Å². The van der Waals surface area contributed by atoms with Crippen molar-refractivity contribution in [3.8, 4) is 11.1 Å². The van der Waals surface area contributed by atoms with Gasteiger partial charge in [-0.15, -0.1) is 0 Å². The molecule has 32 heavy (non-hydrogen) atoms. The van der Waals surface area contributed by atoms with Crippen LogP contribution in [0.1, 0.15) is 6.92 Å². The third kappa shape index (κ3) is 4.41. The summed E-state index contributed by atoms with van der Waals surface area (Å²) in [6.07, 6.45) is 3.77. The topological polar surface area (TPSA) is 53.8 Å². The second-order valence-corrected chi connectivity index (χ2v) is 8.39. The molecule has 0 unspecified atom stereocenters. The number of likely N-dealkylation sites (tertiary alicyclic amines) is 1. The number of aromatic nitrogens is 2. The molecule has 7 nitrogen and oxygen atoms in total. The molecule has 0 atom stereocenters. The molecule has 2 fully saturated rings. The molecule has 0 saturated carbocycles. The lowest BCUT2D eigenvalue weighted by molar-refractivity contribution is -0.144. The van der Waals surface area contributed by atoms with Crippen molar-refractivity contribution in [2.75, 3.05) is 51.3 Å². The van der Waals surface area contributed by atoms with E-state index in [0.717, 1.165) is 16.8 Å². The first-order valence-corrected chi connectivity index (χ1v) is 10.8. The fraction of sp³-hybridized carbons (Fsp3) is 0.417. The van der Waals surface area contributed by atoms with Gasteiger partial charge in [0.1, 0.15) is 0 Å². The Morgan fingerprint density at radius 2 is 1.81 bits per heavy atom. The van der Waals surface area contributed by atoms with Crippen LogP contribution < -0.4 is 4.90 Å². The average molecular weight is 440 g/mol. The molecule has 8 heteroatoms. The Balaban J connectivity index is 1.37. The first-order valence-electron chi connectivity index (χ1n) is 10.8. The number of hydrogen-bond donors (Lipinski definition) is 0. The van der Waals surface area contributed by atoms with E-state index in [4.69, 9.17) is 4.74 Å². The Labute approximate surface area is 188 Å². The largest absolute Gasteiger partial charge is 0.378 e. The number of ether oxygens (including phenoxy) is 1. The number of anilines is 1. The summed E-state index contributed by atoms with van der Waals surface area (Å²) < 4.78 is 22.3. The van der Waals surface area contributed by atoms with Crippen molar-refractivity contribution >= 4 is 11.6 Å². The van der Waals surface area contributed by atoms with Gasteiger partial charge in [-0.2, -0.15) is 5.10 Å². The minimum absolute atomic E-state index is 0.101. The molecular weight excluding hydrogens is 409 g/mol. The zero-order valence-corrected chi connectivity index (χ0v) is 18.9. The lowest BCUT2D eigenvalue weighted by atomic mass is 9.97. The van der Waals surface area contributed by atoms with Crippen molar-refractivity contribution in [1.29, 1.82) is 0 Å².